The second-order valence-electron chi connectivity index (χ2n) is 8.33. The number of nitrogens with zero attached hydrogens (tertiary/aromatic N) is 6. The lowest BCUT2D eigenvalue weighted by molar-refractivity contribution is -0.142. The van der Waals surface area contributed by atoms with Gasteiger partial charge >= 0.3 is 0 Å². The molecule has 8 nitrogen and oxygen atoms in total. The average molecular weight is 396 g/mol. The number of likely N-dealkylation sites (tertiary alicyclic amines) is 1. The van der Waals surface area contributed by atoms with Crippen LogP contribution in [-0.2, 0) is 16.1 Å². The number of amides is 1. The largest absolute Gasteiger partial charge is 0.381 e. The van der Waals surface area contributed by atoms with Crippen LogP contribution in [0, 0.1) is 23.7 Å². The number of fused-ring (bicyclic) bond motifs is 2. The van der Waals surface area contributed by atoms with E-state index < -0.39 is 6.17 Å². The third-order valence-electron chi connectivity index (χ3n) is 6.50. The van der Waals surface area contributed by atoms with Crippen LogP contribution in [0.2, 0.25) is 0 Å². The molecule has 1 amide bonds. The molecule has 1 saturated carbocycles. The molecular formula is C20H21FN6O2. The second kappa shape index (κ2) is 6.35. The summed E-state index contributed by atoms with van der Waals surface area (Å²) in [7, 11) is 0. The topological polar surface area (TPSA) is 77.5 Å². The molecule has 4 atom stereocenters. The molecule has 3 fully saturated rings. The van der Waals surface area contributed by atoms with Gasteiger partial charge in [-0.1, -0.05) is 11.3 Å². The number of ether oxygens (including phenoxy) is 1. The SMILES string of the molecule is O=C(C1[C@H]2COC[C@@H]12)N1CC(C(F)Cn2cc(-c3cn4ccccc4n3)nn2)C1. The summed E-state index contributed by atoms with van der Waals surface area (Å²) < 4.78 is 23.5. The van der Waals surface area contributed by atoms with Crippen LogP contribution in [-0.4, -0.2) is 67.7 Å². The van der Waals surface area contributed by atoms with E-state index in [9.17, 15) is 9.18 Å². The summed E-state index contributed by atoms with van der Waals surface area (Å²) in [6, 6.07) is 5.77. The predicted octanol–water partition coefficient (Wildman–Crippen LogP) is 1.28. The first-order valence-electron chi connectivity index (χ1n) is 10.0. The fraction of sp³-hybridized carbons (Fsp3) is 0.500. The van der Waals surface area contributed by atoms with Crippen molar-refractivity contribution in [2.75, 3.05) is 26.3 Å². The highest BCUT2D eigenvalue weighted by molar-refractivity contribution is 5.83. The maximum atomic E-state index is 14.7. The normalized spacial score (nSPS) is 27.1. The lowest BCUT2D eigenvalue weighted by atomic mass is 9.93. The third-order valence-corrected chi connectivity index (χ3v) is 6.50. The van der Waals surface area contributed by atoms with Crippen molar-refractivity contribution < 1.29 is 13.9 Å². The fourth-order valence-corrected chi connectivity index (χ4v) is 4.63. The van der Waals surface area contributed by atoms with Crippen LogP contribution in [0.5, 0.6) is 0 Å². The molecule has 0 aromatic carbocycles. The zero-order valence-electron chi connectivity index (χ0n) is 15.8. The average Bonchev–Trinajstić information content (AvgIpc) is 3.14. The molecule has 0 N–H and O–H groups in total. The number of hydrogen-bond acceptors (Lipinski definition) is 5. The number of carbonyl (C=O) groups excluding carboxylic acids is 1. The molecule has 5 heterocycles. The van der Waals surface area contributed by atoms with Gasteiger partial charge in [0.2, 0.25) is 5.91 Å². The van der Waals surface area contributed by atoms with Crippen molar-refractivity contribution in [3.05, 3.63) is 36.8 Å². The molecule has 0 radical (unpaired) electrons. The number of aromatic nitrogens is 5. The van der Waals surface area contributed by atoms with Crippen LogP contribution in [0.3, 0.4) is 0 Å². The highest BCUT2D eigenvalue weighted by atomic mass is 19.1. The standard InChI is InChI=1S/C20H21FN6O2/c21-15(12-5-26(6-12)20(28)19-13-10-29-11-14(13)19)7-27-9-17(23-24-27)16-8-25-4-2-1-3-18(25)22-16/h1-4,8-9,12-15,19H,5-7,10-11H2/t13-,14+,15?,19?. The lowest BCUT2D eigenvalue weighted by Crippen LogP contribution is -2.55. The molecule has 150 valence electrons. The Bertz CT molecular complexity index is 1030. The Morgan fingerprint density at radius 1 is 1.21 bits per heavy atom. The summed E-state index contributed by atoms with van der Waals surface area (Å²) in [5, 5.41) is 8.20. The van der Waals surface area contributed by atoms with E-state index in [0.29, 0.717) is 49.5 Å². The highest BCUT2D eigenvalue weighted by Gasteiger charge is 2.59. The molecule has 3 aliphatic rings. The Morgan fingerprint density at radius 3 is 2.83 bits per heavy atom. The summed E-state index contributed by atoms with van der Waals surface area (Å²) in [5.74, 6) is 0.955. The van der Waals surface area contributed by atoms with Gasteiger partial charge in [-0.3, -0.25) is 4.79 Å². The third kappa shape index (κ3) is 2.83. The van der Waals surface area contributed by atoms with E-state index in [1.807, 2.05) is 35.0 Å². The second-order valence-corrected chi connectivity index (χ2v) is 8.33. The van der Waals surface area contributed by atoms with Gasteiger partial charge < -0.3 is 14.0 Å². The van der Waals surface area contributed by atoms with Crippen LogP contribution in [0.15, 0.2) is 36.8 Å². The monoisotopic (exact) mass is 396 g/mol. The van der Waals surface area contributed by atoms with E-state index >= 15 is 0 Å². The van der Waals surface area contributed by atoms with Gasteiger partial charge in [0.1, 0.15) is 23.2 Å². The molecular weight excluding hydrogens is 375 g/mol. The smallest absolute Gasteiger partial charge is 0.226 e. The Labute approximate surface area is 166 Å². The molecule has 0 bridgehead atoms. The van der Waals surface area contributed by atoms with Crippen molar-refractivity contribution in [1.82, 2.24) is 29.3 Å². The highest BCUT2D eigenvalue weighted by Crippen LogP contribution is 2.52. The van der Waals surface area contributed by atoms with E-state index in [1.54, 1.807) is 11.1 Å². The number of halogens is 1. The number of hydrogen-bond donors (Lipinski definition) is 0. The van der Waals surface area contributed by atoms with Gasteiger partial charge in [-0.05, 0) is 24.0 Å². The van der Waals surface area contributed by atoms with Crippen molar-refractivity contribution >= 4 is 11.6 Å². The van der Waals surface area contributed by atoms with Crippen LogP contribution >= 0.6 is 0 Å². The Balaban J connectivity index is 1.06. The van der Waals surface area contributed by atoms with Crippen LogP contribution in [0.25, 0.3) is 17.0 Å². The van der Waals surface area contributed by atoms with Crippen molar-refractivity contribution in [3.8, 4) is 11.4 Å². The first-order chi connectivity index (χ1) is 14.2. The number of imidazole rings is 1. The maximum absolute atomic E-state index is 14.7. The van der Waals surface area contributed by atoms with E-state index in [2.05, 4.69) is 15.3 Å². The van der Waals surface area contributed by atoms with Gasteiger partial charge in [0.05, 0.1) is 26.0 Å². The minimum absolute atomic E-state index is 0.117. The molecule has 3 aromatic heterocycles. The summed E-state index contributed by atoms with van der Waals surface area (Å²) in [5.41, 5.74) is 2.15. The number of carbonyl (C=O) groups is 1. The molecule has 2 saturated heterocycles. The molecule has 9 heteroatoms. The minimum Gasteiger partial charge on any atom is -0.381 e. The molecule has 3 aromatic rings. The van der Waals surface area contributed by atoms with Crippen molar-refractivity contribution in [2.24, 2.45) is 23.7 Å². The summed E-state index contributed by atoms with van der Waals surface area (Å²) >= 11 is 0. The number of pyridine rings is 1. The summed E-state index contributed by atoms with van der Waals surface area (Å²) in [6.07, 6.45) is 4.46. The Hall–Kier alpha value is -2.81. The van der Waals surface area contributed by atoms with E-state index in [4.69, 9.17) is 4.74 Å². The van der Waals surface area contributed by atoms with E-state index in [-0.39, 0.29) is 24.3 Å². The van der Waals surface area contributed by atoms with Gasteiger partial charge in [-0.25, -0.2) is 14.1 Å². The Kier molecular flexibility index (Phi) is 3.74. The zero-order chi connectivity index (χ0) is 19.5. The van der Waals surface area contributed by atoms with Gasteiger partial charge in [-0.2, -0.15) is 0 Å². The van der Waals surface area contributed by atoms with Crippen LogP contribution < -0.4 is 0 Å². The van der Waals surface area contributed by atoms with E-state index in [1.165, 1.54) is 4.68 Å². The molecule has 0 spiro atoms. The molecule has 1 aliphatic carbocycles. The number of alkyl halides is 1. The first-order valence-corrected chi connectivity index (χ1v) is 10.0. The first kappa shape index (κ1) is 17.1. The van der Waals surface area contributed by atoms with Crippen molar-refractivity contribution in [1.29, 1.82) is 0 Å². The van der Waals surface area contributed by atoms with Crippen molar-refractivity contribution in [2.45, 2.75) is 12.7 Å². The zero-order valence-corrected chi connectivity index (χ0v) is 15.8. The van der Waals surface area contributed by atoms with Gasteiger partial charge in [0.25, 0.3) is 0 Å². The quantitative estimate of drug-likeness (QED) is 0.649. The molecule has 29 heavy (non-hydrogen) atoms. The lowest BCUT2D eigenvalue weighted by Gasteiger charge is -2.41. The summed E-state index contributed by atoms with van der Waals surface area (Å²) in [4.78, 5) is 18.8. The van der Waals surface area contributed by atoms with Crippen LogP contribution in [0.4, 0.5) is 4.39 Å². The predicted molar refractivity (Wildman–Crippen MR) is 100 cm³/mol. The minimum atomic E-state index is -1.06. The maximum Gasteiger partial charge on any atom is 0.226 e. The summed E-state index contributed by atoms with van der Waals surface area (Å²) in [6.45, 7) is 2.52. The fourth-order valence-electron chi connectivity index (χ4n) is 4.63. The molecule has 6 rings (SSSR count). The Morgan fingerprint density at radius 2 is 2.03 bits per heavy atom. The number of rotatable bonds is 5. The van der Waals surface area contributed by atoms with Gasteiger partial charge in [0.15, 0.2) is 0 Å². The van der Waals surface area contributed by atoms with Gasteiger partial charge in [-0.15, -0.1) is 5.10 Å². The van der Waals surface area contributed by atoms with E-state index in [0.717, 1.165) is 5.65 Å². The molecule has 2 unspecified atom stereocenters. The van der Waals surface area contributed by atoms with Crippen molar-refractivity contribution in [3.63, 3.8) is 0 Å². The van der Waals surface area contributed by atoms with Gasteiger partial charge in [0, 0.05) is 37.3 Å². The van der Waals surface area contributed by atoms with Crippen LogP contribution in [0.1, 0.15) is 0 Å². The molecule has 2 aliphatic heterocycles.